The van der Waals surface area contributed by atoms with Gasteiger partial charge in [0.1, 0.15) is 6.61 Å². The lowest BCUT2D eigenvalue weighted by Gasteiger charge is -2.23. The first-order valence-electron chi connectivity index (χ1n) is 8.85. The lowest BCUT2D eigenvalue weighted by Crippen LogP contribution is -2.28. The first-order valence-corrected chi connectivity index (χ1v) is 10.5. The molecule has 2 unspecified atom stereocenters. The van der Waals surface area contributed by atoms with Gasteiger partial charge in [0, 0.05) is 17.5 Å². The maximum Gasteiger partial charge on any atom is 0.411 e. The van der Waals surface area contributed by atoms with Crippen LogP contribution in [0.5, 0.6) is 5.75 Å². The Morgan fingerprint density at radius 3 is 2.87 bits per heavy atom. The van der Waals surface area contributed by atoms with Crippen LogP contribution in [0, 0.1) is 5.92 Å². The monoisotopic (exact) mass is 511 g/mol. The van der Waals surface area contributed by atoms with Crippen LogP contribution in [0.25, 0.3) is 10.7 Å². The number of ether oxygens (including phenoxy) is 3. The SMILES string of the molecule is COC(=O)c1nc(-c2sccc2NC(=O)OCC2C=C(Br)C=CC2OC)[nH]c(=O)c1O. The number of nitrogens with zero attached hydrogens (tertiary/aromatic N) is 1. The van der Waals surface area contributed by atoms with Gasteiger partial charge in [0.25, 0.3) is 5.56 Å². The standard InChI is InChI=1S/C19H18BrN3O7S/c1-28-12-4-3-10(20)7-9(12)8-30-19(27)21-11-5-6-31-15(11)16-22-13(18(26)29-2)14(24)17(25)23-16/h3-7,9,12,24H,8H2,1-2H3,(H,21,27)(H,22,23,25). The topological polar surface area (TPSA) is 140 Å². The third kappa shape index (κ3) is 5.21. The highest BCUT2D eigenvalue weighted by molar-refractivity contribution is 9.11. The number of aromatic nitrogens is 2. The van der Waals surface area contributed by atoms with Crippen LogP contribution in [0.15, 0.2) is 39.0 Å². The Morgan fingerprint density at radius 1 is 1.39 bits per heavy atom. The van der Waals surface area contributed by atoms with E-state index in [1.54, 1.807) is 18.6 Å². The minimum atomic E-state index is -0.969. The number of allylic oxidation sites excluding steroid dienone is 2. The number of carbonyl (C=O) groups is 2. The number of aromatic amines is 1. The van der Waals surface area contributed by atoms with Crippen molar-refractivity contribution in [3.8, 4) is 16.5 Å². The van der Waals surface area contributed by atoms with Crippen molar-refractivity contribution in [2.45, 2.75) is 6.10 Å². The van der Waals surface area contributed by atoms with Crippen LogP contribution in [-0.2, 0) is 14.2 Å². The highest BCUT2D eigenvalue weighted by atomic mass is 79.9. The van der Waals surface area contributed by atoms with Gasteiger partial charge in [-0.25, -0.2) is 14.6 Å². The van der Waals surface area contributed by atoms with Crippen LogP contribution < -0.4 is 10.9 Å². The number of rotatable bonds is 6. The number of anilines is 1. The number of esters is 1. The summed E-state index contributed by atoms with van der Waals surface area (Å²) in [5.41, 5.74) is -1.14. The maximum absolute atomic E-state index is 12.3. The quantitative estimate of drug-likeness (QED) is 0.502. The largest absolute Gasteiger partial charge is 0.501 e. The van der Waals surface area contributed by atoms with E-state index in [4.69, 9.17) is 9.47 Å². The molecule has 0 aromatic carbocycles. The molecule has 0 fully saturated rings. The lowest BCUT2D eigenvalue weighted by atomic mass is 9.98. The molecule has 2 aromatic heterocycles. The second kappa shape index (κ2) is 9.90. The normalized spacial score (nSPS) is 17.7. The Bertz CT molecular complexity index is 1110. The van der Waals surface area contributed by atoms with Gasteiger partial charge in [0.15, 0.2) is 11.5 Å². The molecule has 1 amide bonds. The minimum absolute atomic E-state index is 0.0165. The van der Waals surface area contributed by atoms with E-state index in [-0.39, 0.29) is 24.5 Å². The van der Waals surface area contributed by atoms with Crippen LogP contribution in [0.3, 0.4) is 0 Å². The van der Waals surface area contributed by atoms with Gasteiger partial charge in [-0.05, 0) is 17.5 Å². The van der Waals surface area contributed by atoms with E-state index < -0.39 is 29.1 Å². The summed E-state index contributed by atoms with van der Waals surface area (Å²) in [7, 11) is 2.67. The van der Waals surface area contributed by atoms with Gasteiger partial charge in [0.05, 0.1) is 23.8 Å². The first-order chi connectivity index (χ1) is 14.8. The summed E-state index contributed by atoms with van der Waals surface area (Å²) in [5.74, 6) is -2.01. The van der Waals surface area contributed by atoms with E-state index in [0.717, 1.165) is 22.9 Å². The van der Waals surface area contributed by atoms with E-state index in [0.29, 0.717) is 10.6 Å². The van der Waals surface area contributed by atoms with Crippen molar-refractivity contribution in [2.75, 3.05) is 26.1 Å². The number of carbonyl (C=O) groups excluding carboxylic acids is 2. The Labute approximate surface area is 188 Å². The van der Waals surface area contributed by atoms with Gasteiger partial charge in [-0.1, -0.05) is 28.1 Å². The van der Waals surface area contributed by atoms with Gasteiger partial charge < -0.3 is 24.3 Å². The molecule has 1 aliphatic rings. The third-order valence-corrected chi connectivity index (χ3v) is 5.76. The molecule has 0 spiro atoms. The van der Waals surface area contributed by atoms with Crippen molar-refractivity contribution in [1.29, 1.82) is 0 Å². The number of hydrogen-bond donors (Lipinski definition) is 3. The molecular weight excluding hydrogens is 494 g/mol. The number of amides is 1. The van der Waals surface area contributed by atoms with Gasteiger partial charge in [-0.2, -0.15) is 0 Å². The van der Waals surface area contributed by atoms with Crippen molar-refractivity contribution in [1.82, 2.24) is 9.97 Å². The zero-order chi connectivity index (χ0) is 22.5. The summed E-state index contributed by atoms with van der Waals surface area (Å²) in [5, 5.41) is 14.0. The van der Waals surface area contributed by atoms with E-state index in [1.165, 1.54) is 0 Å². The number of H-pyrrole nitrogens is 1. The lowest BCUT2D eigenvalue weighted by molar-refractivity contribution is 0.0589. The summed E-state index contributed by atoms with van der Waals surface area (Å²) >= 11 is 4.54. The fraction of sp³-hybridized carbons (Fsp3) is 0.263. The van der Waals surface area contributed by atoms with Crippen molar-refractivity contribution >= 4 is 45.0 Å². The maximum atomic E-state index is 12.3. The van der Waals surface area contributed by atoms with Crippen molar-refractivity contribution < 1.29 is 28.9 Å². The fourth-order valence-corrected chi connectivity index (χ4v) is 4.09. The van der Waals surface area contributed by atoms with E-state index >= 15 is 0 Å². The number of hydrogen-bond acceptors (Lipinski definition) is 9. The van der Waals surface area contributed by atoms with Gasteiger partial charge in [-0.3, -0.25) is 10.1 Å². The van der Waals surface area contributed by atoms with E-state index in [1.807, 2.05) is 18.2 Å². The smallest absolute Gasteiger partial charge is 0.411 e. The first kappa shape index (κ1) is 22.7. The zero-order valence-electron chi connectivity index (χ0n) is 16.4. The molecule has 164 valence electrons. The van der Waals surface area contributed by atoms with Crippen LogP contribution in [0.4, 0.5) is 10.5 Å². The van der Waals surface area contributed by atoms with Crippen LogP contribution in [0.1, 0.15) is 10.5 Å². The van der Waals surface area contributed by atoms with Gasteiger partial charge in [0.2, 0.25) is 5.75 Å². The molecule has 0 bridgehead atoms. The average Bonchev–Trinajstić information content (AvgIpc) is 3.21. The zero-order valence-corrected chi connectivity index (χ0v) is 18.8. The molecule has 1 aliphatic carbocycles. The van der Waals surface area contributed by atoms with Gasteiger partial charge >= 0.3 is 12.1 Å². The molecule has 2 heterocycles. The summed E-state index contributed by atoms with van der Waals surface area (Å²) in [6, 6.07) is 1.59. The summed E-state index contributed by atoms with van der Waals surface area (Å²) in [6.45, 7) is 0.0734. The molecule has 0 aliphatic heterocycles. The predicted octanol–water partition coefficient (Wildman–Crippen LogP) is 3.02. The molecule has 0 radical (unpaired) electrons. The van der Waals surface area contributed by atoms with Crippen molar-refractivity contribution in [2.24, 2.45) is 5.92 Å². The van der Waals surface area contributed by atoms with Crippen molar-refractivity contribution in [3.63, 3.8) is 0 Å². The van der Waals surface area contributed by atoms with Gasteiger partial charge in [-0.15, -0.1) is 11.3 Å². The Balaban J connectivity index is 1.75. The van der Waals surface area contributed by atoms with Crippen LogP contribution in [-0.4, -0.2) is 54.1 Å². The van der Waals surface area contributed by atoms with Crippen molar-refractivity contribution in [3.05, 3.63) is 50.2 Å². The summed E-state index contributed by atoms with van der Waals surface area (Å²) < 4.78 is 16.1. The molecule has 2 atom stereocenters. The second-order valence-corrected chi connectivity index (χ2v) is 8.10. The highest BCUT2D eigenvalue weighted by Gasteiger charge is 2.24. The average molecular weight is 512 g/mol. The Kier molecular flexibility index (Phi) is 7.25. The highest BCUT2D eigenvalue weighted by Crippen LogP contribution is 2.32. The molecule has 3 N–H and O–H groups in total. The van der Waals surface area contributed by atoms with E-state index in [2.05, 4.69) is 36.0 Å². The van der Waals surface area contributed by atoms with E-state index in [9.17, 15) is 19.5 Å². The number of nitrogens with one attached hydrogen (secondary N) is 2. The predicted molar refractivity (Wildman–Crippen MR) is 117 cm³/mol. The molecule has 0 saturated carbocycles. The molecule has 2 aromatic rings. The number of methoxy groups -OCH3 is 2. The second-order valence-electron chi connectivity index (χ2n) is 6.27. The summed E-state index contributed by atoms with van der Waals surface area (Å²) in [4.78, 5) is 42.8. The molecular formula is C19H18BrN3O7S. The molecule has 0 saturated heterocycles. The molecule has 31 heavy (non-hydrogen) atoms. The van der Waals surface area contributed by atoms with Crippen LogP contribution >= 0.6 is 27.3 Å². The Morgan fingerprint density at radius 2 is 2.16 bits per heavy atom. The Hall–Kier alpha value is -2.96. The minimum Gasteiger partial charge on any atom is -0.501 e. The molecule has 12 heteroatoms. The number of aromatic hydroxyl groups is 1. The number of thiophene rings is 1. The molecule has 3 rings (SSSR count). The molecule has 10 nitrogen and oxygen atoms in total. The third-order valence-electron chi connectivity index (χ3n) is 4.31. The summed E-state index contributed by atoms with van der Waals surface area (Å²) in [6.07, 6.45) is 4.66. The fourth-order valence-electron chi connectivity index (χ4n) is 2.80. The number of halogens is 1. The van der Waals surface area contributed by atoms with Crippen LogP contribution in [0.2, 0.25) is 0 Å².